The molecule has 2 N–H and O–H groups in total. The van der Waals surface area contributed by atoms with Crippen LogP contribution in [0.5, 0.6) is 0 Å². The molecule has 11 heteroatoms. The van der Waals surface area contributed by atoms with E-state index >= 15 is 0 Å². The first-order chi connectivity index (χ1) is 13.6. The average Bonchev–Trinajstić information content (AvgIpc) is 3.18. The average molecular weight is 426 g/mol. The summed E-state index contributed by atoms with van der Waals surface area (Å²) in [6.07, 6.45) is 0.124. The Morgan fingerprint density at radius 3 is 2.83 bits per heavy atom. The number of fused-ring (bicyclic) bond motifs is 1. The number of hydrogen-bond acceptors (Lipinski definition) is 9. The minimum absolute atomic E-state index is 0.160. The second-order valence-corrected chi connectivity index (χ2v) is 10.4. The van der Waals surface area contributed by atoms with Crippen molar-refractivity contribution in [1.29, 1.82) is 0 Å². The Morgan fingerprint density at radius 2 is 2.10 bits per heavy atom. The van der Waals surface area contributed by atoms with Gasteiger partial charge in [-0.05, 0) is 25.7 Å². The minimum Gasteiger partial charge on any atom is -0.387 e. The smallest absolute Gasteiger partial charge is 0.331 e. The van der Waals surface area contributed by atoms with E-state index in [1.54, 1.807) is 4.57 Å². The Balaban J connectivity index is 1.52. The van der Waals surface area contributed by atoms with E-state index in [0.717, 1.165) is 0 Å². The van der Waals surface area contributed by atoms with Crippen molar-refractivity contribution in [2.75, 3.05) is 19.4 Å². The van der Waals surface area contributed by atoms with E-state index in [1.165, 1.54) is 19.6 Å². The summed E-state index contributed by atoms with van der Waals surface area (Å²) < 4.78 is 31.4. The van der Waals surface area contributed by atoms with Crippen LogP contribution in [0.1, 0.15) is 32.7 Å². The quantitative estimate of drug-likeness (QED) is 0.701. The van der Waals surface area contributed by atoms with E-state index in [2.05, 4.69) is 15.0 Å². The highest BCUT2D eigenvalue weighted by molar-refractivity contribution is 7.53. The number of ether oxygens (including phenoxy) is 1. The summed E-state index contributed by atoms with van der Waals surface area (Å²) in [5, 5.41) is 21.6. The molecule has 2 aliphatic rings. The van der Waals surface area contributed by atoms with Crippen molar-refractivity contribution in [2.45, 2.75) is 51.7 Å². The predicted molar refractivity (Wildman–Crippen MR) is 103 cm³/mol. The molecule has 2 aliphatic heterocycles. The van der Waals surface area contributed by atoms with Gasteiger partial charge in [-0.15, -0.1) is 0 Å². The maximum Gasteiger partial charge on any atom is 0.331 e. The van der Waals surface area contributed by atoms with E-state index < -0.39 is 31.6 Å². The molecule has 0 amide bonds. The lowest BCUT2D eigenvalue weighted by atomic mass is 9.96. The molecule has 10 nitrogen and oxygen atoms in total. The Bertz CT molecular complexity index is 950. The standard InChI is InChI=1S/C18H27N4O6P/c1-10-5-26-29(25,7-11(10)2)27-6-13-15(23)18(4,24)17(28-13)22-9-21-14-12(3)19-8-20-16(14)22/h8-11,13,15,17,23-24H,5-7H2,1-4H3/t10?,11?,13-,15-,17-,18-,29?/m1/s1. The molecule has 0 radical (unpaired) electrons. The molecule has 2 aromatic heterocycles. The van der Waals surface area contributed by atoms with E-state index in [-0.39, 0.29) is 12.5 Å². The number of aliphatic hydroxyl groups is 2. The highest BCUT2D eigenvalue weighted by Gasteiger charge is 2.54. The molecule has 0 aromatic carbocycles. The van der Waals surface area contributed by atoms with Crippen LogP contribution in [0.2, 0.25) is 0 Å². The van der Waals surface area contributed by atoms with Crippen molar-refractivity contribution in [2.24, 2.45) is 11.8 Å². The number of imidazole rings is 1. The topological polar surface area (TPSA) is 129 Å². The van der Waals surface area contributed by atoms with E-state index in [0.29, 0.717) is 35.5 Å². The molecule has 3 unspecified atom stereocenters. The number of aromatic nitrogens is 4. The largest absolute Gasteiger partial charge is 0.387 e. The molecule has 0 aliphatic carbocycles. The van der Waals surface area contributed by atoms with E-state index in [4.69, 9.17) is 13.8 Å². The SMILES string of the molecule is Cc1ncnc2c1ncn2[C@@H]1O[C@H](COP2(=O)CC(C)C(C)CO2)[C@@H](O)[C@@]1(C)O. The van der Waals surface area contributed by atoms with Crippen LogP contribution in [0.3, 0.4) is 0 Å². The molecule has 2 aromatic rings. The second-order valence-electron chi connectivity index (χ2n) is 8.32. The monoisotopic (exact) mass is 426 g/mol. The van der Waals surface area contributed by atoms with Gasteiger partial charge in [0.05, 0.1) is 31.4 Å². The van der Waals surface area contributed by atoms with Crippen LogP contribution in [-0.4, -0.2) is 66.9 Å². The molecule has 4 rings (SSSR count). The van der Waals surface area contributed by atoms with Gasteiger partial charge in [0.2, 0.25) is 0 Å². The van der Waals surface area contributed by atoms with Crippen LogP contribution >= 0.6 is 7.60 Å². The Labute approximate surface area is 168 Å². The van der Waals surface area contributed by atoms with Crippen LogP contribution in [0.15, 0.2) is 12.7 Å². The molecule has 0 bridgehead atoms. The zero-order valence-corrected chi connectivity index (χ0v) is 17.8. The maximum absolute atomic E-state index is 12.9. The summed E-state index contributed by atoms with van der Waals surface area (Å²) in [6.45, 7) is 7.55. The van der Waals surface area contributed by atoms with E-state index in [1.807, 2.05) is 20.8 Å². The van der Waals surface area contributed by atoms with Gasteiger partial charge in [-0.25, -0.2) is 15.0 Å². The third-order valence-corrected chi connectivity index (χ3v) is 8.11. The fourth-order valence-corrected chi connectivity index (χ4v) is 5.96. The van der Waals surface area contributed by atoms with Gasteiger partial charge in [0.1, 0.15) is 29.7 Å². The summed E-state index contributed by atoms with van der Waals surface area (Å²) in [7, 11) is -3.27. The van der Waals surface area contributed by atoms with Gasteiger partial charge in [-0.2, -0.15) is 0 Å². The number of aliphatic hydroxyl groups excluding tert-OH is 1. The van der Waals surface area contributed by atoms with Gasteiger partial charge >= 0.3 is 7.60 Å². The highest BCUT2D eigenvalue weighted by atomic mass is 31.2. The lowest BCUT2D eigenvalue weighted by Crippen LogP contribution is -2.44. The molecule has 0 saturated carbocycles. The molecule has 4 heterocycles. The maximum atomic E-state index is 12.9. The summed E-state index contributed by atoms with van der Waals surface area (Å²) in [4.78, 5) is 12.6. The fraction of sp³-hybridized carbons (Fsp3) is 0.722. The van der Waals surface area contributed by atoms with Gasteiger partial charge < -0.3 is 24.0 Å². The Hall–Kier alpha value is -1.42. The Morgan fingerprint density at radius 1 is 1.34 bits per heavy atom. The van der Waals surface area contributed by atoms with Crippen molar-refractivity contribution in [3.8, 4) is 0 Å². The third-order valence-electron chi connectivity index (χ3n) is 6.00. The number of nitrogens with zero attached hydrogens (tertiary/aromatic N) is 4. The first kappa shape index (κ1) is 20.8. The van der Waals surface area contributed by atoms with Crippen LogP contribution in [0.25, 0.3) is 11.2 Å². The molecule has 2 saturated heterocycles. The molecule has 7 atom stereocenters. The number of hydrogen-bond donors (Lipinski definition) is 2. The van der Waals surface area contributed by atoms with E-state index in [9.17, 15) is 14.8 Å². The molecular formula is C18H27N4O6P. The fourth-order valence-electron chi connectivity index (χ4n) is 3.78. The van der Waals surface area contributed by atoms with Gasteiger partial charge in [0.15, 0.2) is 11.9 Å². The summed E-state index contributed by atoms with van der Waals surface area (Å²) >= 11 is 0. The van der Waals surface area contributed by atoms with Crippen molar-refractivity contribution in [3.05, 3.63) is 18.3 Å². The van der Waals surface area contributed by atoms with Gasteiger partial charge in [-0.1, -0.05) is 13.8 Å². The van der Waals surface area contributed by atoms with Crippen LogP contribution in [-0.2, 0) is 18.3 Å². The van der Waals surface area contributed by atoms with Crippen molar-refractivity contribution in [1.82, 2.24) is 19.5 Å². The first-order valence-electron chi connectivity index (χ1n) is 9.70. The molecule has 0 spiro atoms. The second kappa shape index (κ2) is 7.37. The zero-order valence-electron chi connectivity index (χ0n) is 16.9. The molecule has 29 heavy (non-hydrogen) atoms. The van der Waals surface area contributed by atoms with Crippen molar-refractivity contribution >= 4 is 18.8 Å². The highest BCUT2D eigenvalue weighted by Crippen LogP contribution is 2.55. The van der Waals surface area contributed by atoms with Gasteiger partial charge in [0, 0.05) is 0 Å². The lowest BCUT2D eigenvalue weighted by molar-refractivity contribution is -0.0949. The van der Waals surface area contributed by atoms with Gasteiger partial charge in [0.25, 0.3) is 0 Å². The predicted octanol–water partition coefficient (Wildman–Crippen LogP) is 1.66. The third kappa shape index (κ3) is 3.62. The van der Waals surface area contributed by atoms with Crippen LogP contribution in [0.4, 0.5) is 0 Å². The zero-order chi connectivity index (χ0) is 21.0. The first-order valence-corrected chi connectivity index (χ1v) is 11.4. The summed E-state index contributed by atoms with van der Waals surface area (Å²) in [5.74, 6) is 0.513. The molecular weight excluding hydrogens is 399 g/mol. The summed E-state index contributed by atoms with van der Waals surface area (Å²) in [6, 6.07) is 0. The minimum atomic E-state index is -3.27. The molecule has 2 fully saturated rings. The summed E-state index contributed by atoms with van der Waals surface area (Å²) in [5.41, 5.74) is 0.138. The van der Waals surface area contributed by atoms with Gasteiger partial charge in [-0.3, -0.25) is 9.13 Å². The number of rotatable bonds is 4. The van der Waals surface area contributed by atoms with Crippen molar-refractivity contribution < 1.29 is 28.6 Å². The number of aryl methyl sites for hydroxylation is 1. The van der Waals surface area contributed by atoms with Crippen LogP contribution < -0.4 is 0 Å². The van der Waals surface area contributed by atoms with Crippen LogP contribution in [0, 0.1) is 18.8 Å². The Kier molecular flexibility index (Phi) is 5.30. The van der Waals surface area contributed by atoms with Crippen molar-refractivity contribution in [3.63, 3.8) is 0 Å². The molecule has 160 valence electrons. The normalized spacial score (nSPS) is 40.6. The lowest BCUT2D eigenvalue weighted by Gasteiger charge is -2.32.